The monoisotopic (exact) mass is 362 g/mol. The van der Waals surface area contributed by atoms with Crippen molar-refractivity contribution in [1.82, 2.24) is 15.0 Å². The third kappa shape index (κ3) is 3.40. The molecule has 0 unspecified atom stereocenters. The van der Waals surface area contributed by atoms with Gasteiger partial charge < -0.3 is 5.32 Å². The second-order valence-electron chi connectivity index (χ2n) is 3.27. The smallest absolute Gasteiger partial charge is 0.246 e. The van der Waals surface area contributed by atoms with Crippen molar-refractivity contribution in [3.05, 3.63) is 39.2 Å². The molecule has 0 spiro atoms. The summed E-state index contributed by atoms with van der Waals surface area (Å²) in [4.78, 5) is 11.7. The van der Waals surface area contributed by atoms with Gasteiger partial charge in [0.2, 0.25) is 5.91 Å². The third-order valence-corrected chi connectivity index (χ3v) is 2.97. The molecule has 17 heavy (non-hydrogen) atoms. The summed E-state index contributed by atoms with van der Waals surface area (Å²) in [7, 11) is 0. The molecule has 1 N–H and O–H groups in total. The Hall–Kier alpha value is -1.15. The summed E-state index contributed by atoms with van der Waals surface area (Å²) in [6.45, 7) is 0.113. The Morgan fingerprint density at radius 2 is 2.35 bits per heavy atom. The van der Waals surface area contributed by atoms with Gasteiger partial charge in [-0.15, -0.1) is 5.10 Å². The quantitative estimate of drug-likeness (QED) is 0.852. The lowest BCUT2D eigenvalue weighted by Gasteiger charge is -2.07. The van der Waals surface area contributed by atoms with Crippen molar-refractivity contribution in [2.75, 3.05) is 5.32 Å². The Bertz CT molecular complexity index is 529. The van der Waals surface area contributed by atoms with E-state index in [1.54, 1.807) is 18.3 Å². The minimum Gasteiger partial charge on any atom is -0.323 e. The molecule has 0 saturated carbocycles. The first-order chi connectivity index (χ1) is 8.15. The Balaban J connectivity index is 2.03. The molecule has 0 atom stereocenters. The van der Waals surface area contributed by atoms with Gasteiger partial charge in [-0.25, -0.2) is 4.68 Å². The van der Waals surface area contributed by atoms with E-state index in [0.717, 1.165) is 3.57 Å². The van der Waals surface area contributed by atoms with Crippen molar-refractivity contribution in [3.8, 4) is 0 Å². The van der Waals surface area contributed by atoms with Gasteiger partial charge in [-0.1, -0.05) is 16.8 Å². The zero-order chi connectivity index (χ0) is 12.3. The van der Waals surface area contributed by atoms with Gasteiger partial charge in [0.25, 0.3) is 0 Å². The largest absolute Gasteiger partial charge is 0.323 e. The van der Waals surface area contributed by atoms with Crippen molar-refractivity contribution in [1.29, 1.82) is 0 Å². The summed E-state index contributed by atoms with van der Waals surface area (Å²) >= 11 is 8.16. The summed E-state index contributed by atoms with van der Waals surface area (Å²) < 4.78 is 2.46. The van der Waals surface area contributed by atoms with E-state index in [0.29, 0.717) is 10.7 Å². The molecule has 0 saturated heterocycles. The second-order valence-corrected chi connectivity index (χ2v) is 4.93. The predicted molar refractivity (Wildman–Crippen MR) is 72.8 cm³/mol. The molecule has 2 aromatic rings. The zero-order valence-electron chi connectivity index (χ0n) is 8.60. The highest BCUT2D eigenvalue weighted by molar-refractivity contribution is 14.1. The number of benzene rings is 1. The van der Waals surface area contributed by atoms with E-state index in [-0.39, 0.29) is 12.5 Å². The molecule has 0 aliphatic carbocycles. The molecule has 5 nitrogen and oxygen atoms in total. The van der Waals surface area contributed by atoms with Crippen molar-refractivity contribution in [3.63, 3.8) is 0 Å². The zero-order valence-corrected chi connectivity index (χ0v) is 11.5. The Morgan fingerprint density at radius 3 is 3.00 bits per heavy atom. The fourth-order valence-corrected chi connectivity index (χ4v) is 2.15. The van der Waals surface area contributed by atoms with Crippen molar-refractivity contribution >= 4 is 45.8 Å². The van der Waals surface area contributed by atoms with Gasteiger partial charge >= 0.3 is 0 Å². The summed E-state index contributed by atoms with van der Waals surface area (Å²) in [5, 5.41) is 10.6. The standard InChI is InChI=1S/C10H8ClIN4O/c11-8-5-7(12)1-2-9(8)14-10(17)6-16-4-3-13-15-16/h1-5H,6H2,(H,14,17). The molecule has 0 aliphatic heterocycles. The van der Waals surface area contributed by atoms with Gasteiger partial charge in [-0.2, -0.15) is 0 Å². The van der Waals surface area contributed by atoms with Crippen LogP contribution in [0.25, 0.3) is 0 Å². The number of halogens is 2. The highest BCUT2D eigenvalue weighted by Gasteiger charge is 2.07. The lowest BCUT2D eigenvalue weighted by molar-refractivity contribution is -0.116. The summed E-state index contributed by atoms with van der Waals surface area (Å²) in [6.07, 6.45) is 3.14. The molecule has 1 aromatic carbocycles. The first-order valence-electron chi connectivity index (χ1n) is 4.74. The lowest BCUT2D eigenvalue weighted by Crippen LogP contribution is -2.19. The fraction of sp³-hybridized carbons (Fsp3) is 0.100. The van der Waals surface area contributed by atoms with Crippen LogP contribution in [-0.2, 0) is 11.3 Å². The van der Waals surface area contributed by atoms with E-state index in [9.17, 15) is 4.79 Å². The molecule has 88 valence electrons. The lowest BCUT2D eigenvalue weighted by atomic mass is 10.3. The van der Waals surface area contributed by atoms with Crippen LogP contribution in [0.5, 0.6) is 0 Å². The van der Waals surface area contributed by atoms with Crippen LogP contribution in [0.4, 0.5) is 5.69 Å². The number of hydrogen-bond acceptors (Lipinski definition) is 3. The molecule has 1 aromatic heterocycles. The Labute approximate surface area is 116 Å². The SMILES string of the molecule is O=C(Cn1ccnn1)Nc1ccc(I)cc1Cl. The average molecular weight is 363 g/mol. The molecule has 0 fully saturated rings. The van der Waals surface area contributed by atoms with Gasteiger partial charge in [0.15, 0.2) is 0 Å². The molecule has 1 amide bonds. The second kappa shape index (κ2) is 5.46. The van der Waals surface area contributed by atoms with Crippen LogP contribution >= 0.6 is 34.2 Å². The van der Waals surface area contributed by atoms with E-state index in [4.69, 9.17) is 11.6 Å². The molecule has 1 heterocycles. The van der Waals surface area contributed by atoms with Gasteiger partial charge in [-0.05, 0) is 40.8 Å². The first kappa shape index (κ1) is 12.3. The van der Waals surface area contributed by atoms with Crippen LogP contribution in [0.1, 0.15) is 0 Å². The summed E-state index contributed by atoms with van der Waals surface area (Å²) in [6, 6.07) is 5.42. The van der Waals surface area contributed by atoms with Crippen LogP contribution in [-0.4, -0.2) is 20.9 Å². The van der Waals surface area contributed by atoms with Crippen molar-refractivity contribution in [2.45, 2.75) is 6.54 Å². The number of hydrogen-bond donors (Lipinski definition) is 1. The maximum absolute atomic E-state index is 11.7. The van der Waals surface area contributed by atoms with Crippen molar-refractivity contribution in [2.24, 2.45) is 0 Å². The molecular weight excluding hydrogens is 354 g/mol. The van der Waals surface area contributed by atoms with Crippen molar-refractivity contribution < 1.29 is 4.79 Å². The Kier molecular flexibility index (Phi) is 3.95. The van der Waals surface area contributed by atoms with Gasteiger partial charge in [0.1, 0.15) is 6.54 Å². The first-order valence-corrected chi connectivity index (χ1v) is 6.20. The normalized spacial score (nSPS) is 10.2. The van der Waals surface area contributed by atoms with Gasteiger partial charge in [-0.3, -0.25) is 4.79 Å². The minimum absolute atomic E-state index is 0.113. The van der Waals surface area contributed by atoms with E-state index < -0.39 is 0 Å². The Morgan fingerprint density at radius 1 is 1.53 bits per heavy atom. The van der Waals surface area contributed by atoms with Crippen LogP contribution in [0, 0.1) is 3.57 Å². The fourth-order valence-electron chi connectivity index (χ4n) is 1.24. The maximum atomic E-state index is 11.7. The van der Waals surface area contributed by atoms with Crippen LogP contribution in [0.2, 0.25) is 5.02 Å². The van der Waals surface area contributed by atoms with Gasteiger partial charge in [0, 0.05) is 9.77 Å². The number of aromatic nitrogens is 3. The third-order valence-electron chi connectivity index (χ3n) is 1.98. The molecular formula is C10H8ClIN4O. The number of rotatable bonds is 3. The van der Waals surface area contributed by atoms with E-state index in [1.165, 1.54) is 10.9 Å². The van der Waals surface area contributed by atoms with Crippen LogP contribution in [0.15, 0.2) is 30.6 Å². The molecule has 2 rings (SSSR count). The van der Waals surface area contributed by atoms with E-state index in [2.05, 4.69) is 38.2 Å². The van der Waals surface area contributed by atoms with Crippen LogP contribution in [0.3, 0.4) is 0 Å². The minimum atomic E-state index is -0.196. The number of nitrogens with zero attached hydrogens (tertiary/aromatic N) is 3. The molecule has 0 aliphatic rings. The highest BCUT2D eigenvalue weighted by atomic mass is 127. The highest BCUT2D eigenvalue weighted by Crippen LogP contribution is 2.23. The molecule has 7 heteroatoms. The molecule has 0 bridgehead atoms. The topological polar surface area (TPSA) is 59.8 Å². The average Bonchev–Trinajstić information content (AvgIpc) is 2.75. The number of anilines is 1. The maximum Gasteiger partial charge on any atom is 0.246 e. The van der Waals surface area contributed by atoms with E-state index >= 15 is 0 Å². The summed E-state index contributed by atoms with van der Waals surface area (Å²) in [5.74, 6) is -0.196. The summed E-state index contributed by atoms with van der Waals surface area (Å²) in [5.41, 5.74) is 0.595. The molecule has 0 radical (unpaired) electrons. The number of nitrogens with one attached hydrogen (secondary N) is 1. The number of carbonyl (C=O) groups is 1. The van der Waals surface area contributed by atoms with Crippen LogP contribution < -0.4 is 5.32 Å². The van der Waals surface area contributed by atoms with Gasteiger partial charge in [0.05, 0.1) is 16.9 Å². The number of carbonyl (C=O) groups excluding carboxylic acids is 1. The van der Waals surface area contributed by atoms with E-state index in [1.807, 2.05) is 6.07 Å². The number of amides is 1. The predicted octanol–water partition coefficient (Wildman–Crippen LogP) is 2.17.